The van der Waals surface area contributed by atoms with E-state index in [0.717, 1.165) is 5.56 Å². The van der Waals surface area contributed by atoms with Crippen molar-refractivity contribution in [1.29, 1.82) is 0 Å². The van der Waals surface area contributed by atoms with E-state index in [1.165, 1.54) is 11.8 Å². The van der Waals surface area contributed by atoms with Gasteiger partial charge in [-0.25, -0.2) is 0 Å². The van der Waals surface area contributed by atoms with Crippen LogP contribution in [-0.4, -0.2) is 33.0 Å². The predicted octanol–water partition coefficient (Wildman–Crippen LogP) is 1.38. The van der Waals surface area contributed by atoms with Crippen LogP contribution in [0.25, 0.3) is 11.4 Å². The molecular formula is C12H13N3O3S. The Morgan fingerprint density at radius 1 is 1.42 bits per heavy atom. The Hall–Kier alpha value is -1.86. The van der Waals surface area contributed by atoms with Gasteiger partial charge >= 0.3 is 5.97 Å². The van der Waals surface area contributed by atoms with E-state index in [2.05, 4.69) is 10.1 Å². The molecule has 0 aliphatic heterocycles. The number of hydrogen-bond acceptors (Lipinski definition) is 6. The maximum Gasteiger partial charge on any atom is 0.321 e. The third-order valence-corrected chi connectivity index (χ3v) is 3.39. The van der Waals surface area contributed by atoms with Gasteiger partial charge < -0.3 is 15.4 Å². The van der Waals surface area contributed by atoms with Crippen molar-refractivity contribution in [2.75, 3.05) is 5.75 Å². The Kier molecular flexibility index (Phi) is 4.53. The van der Waals surface area contributed by atoms with Gasteiger partial charge in [0.25, 0.3) is 0 Å². The molecule has 0 saturated carbocycles. The lowest BCUT2D eigenvalue weighted by atomic mass is 10.2. The first-order chi connectivity index (χ1) is 9.16. The summed E-state index contributed by atoms with van der Waals surface area (Å²) in [5.74, 6) is 0.724. The number of carboxylic acid groups (broad SMARTS) is 1. The number of benzene rings is 1. The highest BCUT2D eigenvalue weighted by molar-refractivity contribution is 7.98. The van der Waals surface area contributed by atoms with Gasteiger partial charge in [0.15, 0.2) is 0 Å². The normalized spacial score (nSPS) is 12.3. The third-order valence-electron chi connectivity index (χ3n) is 2.34. The largest absolute Gasteiger partial charge is 0.480 e. The second-order valence-electron chi connectivity index (χ2n) is 3.84. The lowest BCUT2D eigenvalue weighted by Gasteiger charge is -2.03. The molecule has 2 aromatic rings. The van der Waals surface area contributed by atoms with E-state index in [0.29, 0.717) is 23.2 Å². The molecule has 0 aliphatic carbocycles. The minimum absolute atomic E-state index is 0.304. The molecule has 1 heterocycles. The molecule has 2 rings (SSSR count). The summed E-state index contributed by atoms with van der Waals surface area (Å²) >= 11 is 1.35. The fraction of sp³-hybridized carbons (Fsp3) is 0.250. The molecule has 1 aromatic heterocycles. The minimum atomic E-state index is -1.01. The Bertz CT molecular complexity index is 544. The van der Waals surface area contributed by atoms with E-state index >= 15 is 0 Å². The van der Waals surface area contributed by atoms with Crippen LogP contribution in [0.3, 0.4) is 0 Å². The van der Waals surface area contributed by atoms with Crippen molar-refractivity contribution in [1.82, 2.24) is 10.1 Å². The van der Waals surface area contributed by atoms with Crippen LogP contribution >= 0.6 is 11.8 Å². The molecule has 1 atom stereocenters. The topological polar surface area (TPSA) is 102 Å². The van der Waals surface area contributed by atoms with Crippen LogP contribution in [0.5, 0.6) is 0 Å². The van der Waals surface area contributed by atoms with Crippen molar-refractivity contribution in [2.45, 2.75) is 11.8 Å². The number of aromatic nitrogens is 2. The summed E-state index contributed by atoms with van der Waals surface area (Å²) in [6.45, 7) is 0. The number of aliphatic carboxylic acids is 1. The number of thioether (sulfide) groups is 1. The van der Waals surface area contributed by atoms with E-state index in [4.69, 9.17) is 15.4 Å². The first-order valence-corrected chi connectivity index (χ1v) is 6.76. The highest BCUT2D eigenvalue weighted by Crippen LogP contribution is 2.17. The van der Waals surface area contributed by atoms with Gasteiger partial charge in [0.1, 0.15) is 6.04 Å². The first kappa shape index (κ1) is 13.6. The van der Waals surface area contributed by atoms with Gasteiger partial charge in [0.2, 0.25) is 11.7 Å². The van der Waals surface area contributed by atoms with Gasteiger partial charge in [-0.3, -0.25) is 4.79 Å². The zero-order valence-corrected chi connectivity index (χ0v) is 10.8. The van der Waals surface area contributed by atoms with Crippen LogP contribution in [0.15, 0.2) is 34.9 Å². The second-order valence-corrected chi connectivity index (χ2v) is 4.87. The molecule has 0 spiro atoms. The summed E-state index contributed by atoms with van der Waals surface area (Å²) in [5, 5.41) is 12.5. The quantitative estimate of drug-likeness (QED) is 0.823. The molecule has 3 N–H and O–H groups in total. The Labute approximate surface area is 114 Å². The van der Waals surface area contributed by atoms with Crippen molar-refractivity contribution in [3.05, 3.63) is 36.2 Å². The fourth-order valence-corrected chi connectivity index (χ4v) is 2.17. The zero-order valence-electron chi connectivity index (χ0n) is 10.0. The van der Waals surface area contributed by atoms with Crippen LogP contribution < -0.4 is 5.73 Å². The smallest absolute Gasteiger partial charge is 0.321 e. The van der Waals surface area contributed by atoms with Crippen molar-refractivity contribution < 1.29 is 14.4 Å². The number of nitrogens with zero attached hydrogens (tertiary/aromatic N) is 2. The molecule has 1 aromatic carbocycles. The van der Waals surface area contributed by atoms with Crippen molar-refractivity contribution in [3.63, 3.8) is 0 Å². The third kappa shape index (κ3) is 3.80. The van der Waals surface area contributed by atoms with Crippen LogP contribution in [0.1, 0.15) is 5.89 Å². The summed E-state index contributed by atoms with van der Waals surface area (Å²) in [6.07, 6.45) is 0. The predicted molar refractivity (Wildman–Crippen MR) is 71.5 cm³/mol. The molecule has 0 fully saturated rings. The van der Waals surface area contributed by atoms with Crippen LogP contribution in [0.4, 0.5) is 0 Å². The Morgan fingerprint density at radius 2 is 2.16 bits per heavy atom. The van der Waals surface area contributed by atoms with Gasteiger partial charge in [-0.1, -0.05) is 35.5 Å². The van der Waals surface area contributed by atoms with E-state index in [-0.39, 0.29) is 0 Å². The molecule has 100 valence electrons. The van der Waals surface area contributed by atoms with Crippen molar-refractivity contribution in [2.24, 2.45) is 5.73 Å². The summed E-state index contributed by atoms with van der Waals surface area (Å²) in [4.78, 5) is 14.8. The van der Waals surface area contributed by atoms with Crippen LogP contribution in [0, 0.1) is 0 Å². The summed E-state index contributed by atoms with van der Waals surface area (Å²) in [7, 11) is 0. The van der Waals surface area contributed by atoms with Crippen molar-refractivity contribution >= 4 is 17.7 Å². The van der Waals surface area contributed by atoms with Gasteiger partial charge in [-0.05, 0) is 0 Å². The molecule has 0 amide bonds. The van der Waals surface area contributed by atoms with E-state index in [1.54, 1.807) is 0 Å². The lowest BCUT2D eigenvalue weighted by Crippen LogP contribution is -2.32. The first-order valence-electron chi connectivity index (χ1n) is 5.61. The molecule has 0 saturated heterocycles. The number of carboxylic acids is 1. The van der Waals surface area contributed by atoms with E-state index in [9.17, 15) is 4.79 Å². The number of nitrogens with two attached hydrogens (primary N) is 1. The maximum absolute atomic E-state index is 10.5. The summed E-state index contributed by atoms with van der Waals surface area (Å²) < 4.78 is 5.09. The average Bonchev–Trinajstić information content (AvgIpc) is 2.88. The molecule has 7 heteroatoms. The lowest BCUT2D eigenvalue weighted by molar-refractivity contribution is -0.137. The number of rotatable bonds is 6. The van der Waals surface area contributed by atoms with E-state index < -0.39 is 12.0 Å². The highest BCUT2D eigenvalue weighted by Gasteiger charge is 2.13. The molecular weight excluding hydrogens is 266 g/mol. The van der Waals surface area contributed by atoms with Crippen molar-refractivity contribution in [3.8, 4) is 11.4 Å². The van der Waals surface area contributed by atoms with Gasteiger partial charge in [0, 0.05) is 11.3 Å². The fourth-order valence-electron chi connectivity index (χ4n) is 1.36. The highest BCUT2D eigenvalue weighted by atomic mass is 32.2. The van der Waals surface area contributed by atoms with Gasteiger partial charge in [-0.15, -0.1) is 11.8 Å². The zero-order chi connectivity index (χ0) is 13.7. The van der Waals surface area contributed by atoms with Crippen LogP contribution in [-0.2, 0) is 10.5 Å². The standard InChI is InChI=1S/C12H13N3O3S/c13-9(12(16)17)6-19-7-10-14-11(15-18-10)8-4-2-1-3-5-8/h1-5,9H,6-7,13H2,(H,16,17)/t9-/m0/s1. The Morgan fingerprint density at radius 3 is 2.84 bits per heavy atom. The minimum Gasteiger partial charge on any atom is -0.480 e. The van der Waals surface area contributed by atoms with E-state index in [1.807, 2.05) is 30.3 Å². The Balaban J connectivity index is 1.90. The maximum atomic E-state index is 10.5. The molecule has 19 heavy (non-hydrogen) atoms. The molecule has 0 aliphatic rings. The molecule has 6 nitrogen and oxygen atoms in total. The SMILES string of the molecule is N[C@@H](CSCc1nc(-c2ccccc2)no1)C(=O)O. The monoisotopic (exact) mass is 279 g/mol. The summed E-state index contributed by atoms with van der Waals surface area (Å²) in [5.41, 5.74) is 6.27. The van der Waals surface area contributed by atoms with Gasteiger partial charge in [-0.2, -0.15) is 4.98 Å². The summed E-state index contributed by atoms with van der Waals surface area (Å²) in [6, 6.07) is 8.61. The number of hydrogen-bond donors (Lipinski definition) is 2. The number of carbonyl (C=O) groups is 1. The van der Waals surface area contributed by atoms with Crippen LogP contribution in [0.2, 0.25) is 0 Å². The molecule has 0 radical (unpaired) electrons. The van der Waals surface area contributed by atoms with Gasteiger partial charge in [0.05, 0.1) is 5.75 Å². The molecule has 0 bridgehead atoms. The second kappa shape index (κ2) is 6.35. The molecule has 0 unspecified atom stereocenters. The average molecular weight is 279 g/mol.